The van der Waals surface area contributed by atoms with E-state index in [0.29, 0.717) is 12.3 Å². The number of carbonyl (C=O) groups excluding carboxylic acids is 1. The van der Waals surface area contributed by atoms with Crippen LogP contribution < -0.4 is 5.32 Å². The summed E-state index contributed by atoms with van der Waals surface area (Å²) in [6.45, 7) is 4.19. The topological polar surface area (TPSA) is 32.3 Å². The van der Waals surface area contributed by atoms with Gasteiger partial charge in [-0.05, 0) is 62.0 Å². The van der Waals surface area contributed by atoms with E-state index < -0.39 is 0 Å². The smallest absolute Gasteiger partial charge is 0.223 e. The van der Waals surface area contributed by atoms with Crippen molar-refractivity contribution >= 4 is 33.6 Å². The Balaban J connectivity index is 1.42. The molecule has 2 aliphatic rings. The normalized spacial score (nSPS) is 24.9. The predicted molar refractivity (Wildman–Crippen MR) is 95.1 cm³/mol. The van der Waals surface area contributed by atoms with Crippen molar-refractivity contribution in [2.45, 2.75) is 24.2 Å². The number of rotatable bonds is 4. The quantitative estimate of drug-likeness (QED) is 0.809. The number of halogens is 1. The first kappa shape index (κ1) is 16.3. The van der Waals surface area contributed by atoms with Gasteiger partial charge < -0.3 is 10.2 Å². The molecule has 0 aliphatic carbocycles. The summed E-state index contributed by atoms with van der Waals surface area (Å²) in [6, 6.07) is 8.29. The first-order chi connectivity index (χ1) is 10.7. The Morgan fingerprint density at radius 1 is 1.18 bits per heavy atom. The molecular formula is C17H23BrN2OS. The van der Waals surface area contributed by atoms with Crippen molar-refractivity contribution in [1.29, 1.82) is 0 Å². The zero-order valence-electron chi connectivity index (χ0n) is 12.8. The Hall–Kier alpha value is -0.520. The summed E-state index contributed by atoms with van der Waals surface area (Å²) in [5.74, 6) is 2.77. The van der Waals surface area contributed by atoms with Gasteiger partial charge in [-0.25, -0.2) is 0 Å². The van der Waals surface area contributed by atoms with Crippen molar-refractivity contribution in [2.24, 2.45) is 11.8 Å². The molecule has 2 heterocycles. The fourth-order valence-electron chi connectivity index (χ4n) is 3.41. The molecule has 1 amide bonds. The van der Waals surface area contributed by atoms with Gasteiger partial charge in [0.1, 0.15) is 0 Å². The number of amides is 1. The number of thioether (sulfide) groups is 1. The molecule has 0 bridgehead atoms. The van der Waals surface area contributed by atoms with Gasteiger partial charge in [-0.2, -0.15) is 0 Å². The van der Waals surface area contributed by atoms with Crippen molar-refractivity contribution in [2.75, 3.05) is 31.9 Å². The van der Waals surface area contributed by atoms with Crippen molar-refractivity contribution in [3.63, 3.8) is 0 Å². The van der Waals surface area contributed by atoms with Crippen LogP contribution >= 0.6 is 27.7 Å². The molecule has 1 N–H and O–H groups in total. The van der Waals surface area contributed by atoms with Crippen LogP contribution in [0.2, 0.25) is 0 Å². The highest BCUT2D eigenvalue weighted by Crippen LogP contribution is 2.27. The Bertz CT molecular complexity index is 494. The Labute approximate surface area is 145 Å². The SMILES string of the molecule is O=C(CCSc1ccc(Br)cc1)N1CC[C@@H]2CNC[C@@H]2CC1. The van der Waals surface area contributed by atoms with E-state index in [0.717, 1.165) is 48.2 Å². The second-order valence-electron chi connectivity index (χ2n) is 6.19. The van der Waals surface area contributed by atoms with E-state index in [-0.39, 0.29) is 0 Å². The summed E-state index contributed by atoms with van der Waals surface area (Å²) in [4.78, 5) is 15.7. The Morgan fingerprint density at radius 3 is 2.45 bits per heavy atom. The summed E-state index contributed by atoms with van der Waals surface area (Å²) >= 11 is 5.21. The van der Waals surface area contributed by atoms with Gasteiger partial charge in [0.25, 0.3) is 0 Å². The number of fused-ring (bicyclic) bond motifs is 1. The zero-order valence-corrected chi connectivity index (χ0v) is 15.2. The maximum atomic E-state index is 12.4. The maximum Gasteiger partial charge on any atom is 0.223 e. The second-order valence-corrected chi connectivity index (χ2v) is 8.27. The monoisotopic (exact) mass is 382 g/mol. The molecular weight excluding hydrogens is 360 g/mol. The van der Waals surface area contributed by atoms with Gasteiger partial charge in [0.05, 0.1) is 0 Å². The molecule has 5 heteroatoms. The van der Waals surface area contributed by atoms with Gasteiger partial charge in [-0.15, -0.1) is 11.8 Å². The lowest BCUT2D eigenvalue weighted by Crippen LogP contribution is -2.32. The van der Waals surface area contributed by atoms with E-state index in [1.165, 1.54) is 17.7 Å². The molecule has 3 nitrogen and oxygen atoms in total. The predicted octanol–water partition coefficient (Wildman–Crippen LogP) is 3.39. The fourth-order valence-corrected chi connectivity index (χ4v) is 4.52. The third-order valence-electron chi connectivity index (χ3n) is 4.77. The van der Waals surface area contributed by atoms with Crippen molar-refractivity contribution < 1.29 is 4.79 Å². The third-order valence-corrected chi connectivity index (χ3v) is 6.31. The van der Waals surface area contributed by atoms with Crippen LogP contribution in [0.3, 0.4) is 0 Å². The minimum atomic E-state index is 0.331. The first-order valence-electron chi connectivity index (χ1n) is 8.09. The molecule has 2 aliphatic heterocycles. The summed E-state index contributed by atoms with van der Waals surface area (Å²) < 4.78 is 1.09. The van der Waals surface area contributed by atoms with E-state index in [9.17, 15) is 4.79 Å². The molecule has 3 rings (SSSR count). The molecule has 0 spiro atoms. The highest BCUT2D eigenvalue weighted by Gasteiger charge is 2.31. The van der Waals surface area contributed by atoms with Gasteiger partial charge in [-0.1, -0.05) is 15.9 Å². The molecule has 2 fully saturated rings. The van der Waals surface area contributed by atoms with Crippen LogP contribution in [0.5, 0.6) is 0 Å². The number of nitrogens with zero attached hydrogens (tertiary/aromatic N) is 1. The summed E-state index contributed by atoms with van der Waals surface area (Å²) in [6.07, 6.45) is 2.99. The number of hydrogen-bond acceptors (Lipinski definition) is 3. The molecule has 0 aromatic heterocycles. The third kappa shape index (κ3) is 4.27. The largest absolute Gasteiger partial charge is 0.343 e. The van der Waals surface area contributed by atoms with Gasteiger partial charge in [-0.3, -0.25) is 4.79 Å². The minimum Gasteiger partial charge on any atom is -0.343 e. The van der Waals surface area contributed by atoms with Crippen LogP contribution in [0.1, 0.15) is 19.3 Å². The molecule has 0 saturated carbocycles. The lowest BCUT2D eigenvalue weighted by atomic mass is 9.92. The summed E-state index contributed by atoms with van der Waals surface area (Å²) in [7, 11) is 0. The molecule has 1 aromatic carbocycles. The van der Waals surface area contributed by atoms with E-state index in [2.05, 4.69) is 38.3 Å². The van der Waals surface area contributed by atoms with Gasteiger partial charge in [0.2, 0.25) is 5.91 Å². The van der Waals surface area contributed by atoms with Crippen LogP contribution in [0, 0.1) is 11.8 Å². The summed E-state index contributed by atoms with van der Waals surface area (Å²) in [5, 5.41) is 3.48. The van der Waals surface area contributed by atoms with Gasteiger partial charge in [0.15, 0.2) is 0 Å². The van der Waals surface area contributed by atoms with Crippen molar-refractivity contribution in [3.05, 3.63) is 28.7 Å². The molecule has 2 atom stereocenters. The van der Waals surface area contributed by atoms with Crippen LogP contribution in [-0.2, 0) is 4.79 Å². The minimum absolute atomic E-state index is 0.331. The average Bonchev–Trinajstić information content (AvgIpc) is 2.87. The Morgan fingerprint density at radius 2 is 1.82 bits per heavy atom. The molecule has 0 radical (unpaired) electrons. The zero-order chi connectivity index (χ0) is 15.4. The fraction of sp³-hybridized carbons (Fsp3) is 0.588. The number of nitrogens with one attached hydrogen (secondary N) is 1. The first-order valence-corrected chi connectivity index (χ1v) is 9.87. The van der Waals surface area contributed by atoms with Crippen LogP contribution in [-0.4, -0.2) is 42.7 Å². The highest BCUT2D eigenvalue weighted by molar-refractivity contribution is 9.10. The van der Waals surface area contributed by atoms with Gasteiger partial charge >= 0.3 is 0 Å². The molecule has 2 saturated heterocycles. The maximum absolute atomic E-state index is 12.4. The van der Waals surface area contributed by atoms with Crippen molar-refractivity contribution in [1.82, 2.24) is 10.2 Å². The van der Waals surface area contributed by atoms with Crippen LogP contribution in [0.25, 0.3) is 0 Å². The number of hydrogen-bond donors (Lipinski definition) is 1. The highest BCUT2D eigenvalue weighted by atomic mass is 79.9. The van der Waals surface area contributed by atoms with Crippen LogP contribution in [0.4, 0.5) is 0 Å². The molecule has 1 aromatic rings. The molecule has 120 valence electrons. The van der Waals surface area contributed by atoms with E-state index in [1.807, 2.05) is 12.1 Å². The van der Waals surface area contributed by atoms with E-state index in [1.54, 1.807) is 11.8 Å². The lowest BCUT2D eigenvalue weighted by molar-refractivity contribution is -0.130. The summed E-state index contributed by atoms with van der Waals surface area (Å²) in [5.41, 5.74) is 0. The number of likely N-dealkylation sites (tertiary alicyclic amines) is 1. The Kier molecular flexibility index (Phi) is 5.83. The number of benzene rings is 1. The van der Waals surface area contributed by atoms with E-state index >= 15 is 0 Å². The molecule has 22 heavy (non-hydrogen) atoms. The number of carbonyl (C=O) groups is 1. The average molecular weight is 383 g/mol. The van der Waals surface area contributed by atoms with Crippen molar-refractivity contribution in [3.8, 4) is 0 Å². The second kappa shape index (κ2) is 7.84. The lowest BCUT2D eigenvalue weighted by Gasteiger charge is -2.20. The molecule has 0 unspecified atom stereocenters. The van der Waals surface area contributed by atoms with Crippen LogP contribution in [0.15, 0.2) is 33.6 Å². The standard InChI is InChI=1S/C17H23BrN2OS/c18-15-1-3-16(4-2-15)22-10-7-17(21)20-8-5-13-11-19-12-14(13)6-9-20/h1-4,13-14,19H,5-12H2/t13-,14+. The van der Waals surface area contributed by atoms with E-state index in [4.69, 9.17) is 0 Å². The van der Waals surface area contributed by atoms with Gasteiger partial charge in [0, 0.05) is 34.6 Å².